The van der Waals surface area contributed by atoms with E-state index in [4.69, 9.17) is 25.5 Å². The smallest absolute Gasteiger partial charge is 0.263 e. The molecule has 6 nitrogen and oxygen atoms in total. The molecule has 0 bridgehead atoms. The molecule has 0 radical (unpaired) electrons. The van der Waals surface area contributed by atoms with Crippen molar-refractivity contribution in [1.29, 1.82) is 0 Å². The van der Waals surface area contributed by atoms with Gasteiger partial charge in [-0.1, -0.05) is 0 Å². The zero-order valence-electron chi connectivity index (χ0n) is 6.05. The van der Waals surface area contributed by atoms with Crippen molar-refractivity contribution in [2.24, 2.45) is 0 Å². The van der Waals surface area contributed by atoms with Crippen molar-refractivity contribution in [2.75, 3.05) is 26.4 Å². The predicted molar refractivity (Wildman–Crippen MR) is 35.4 cm³/mol. The summed E-state index contributed by atoms with van der Waals surface area (Å²) in [5, 5.41) is 37.7. The average molecular weight is 170 g/mol. The van der Waals surface area contributed by atoms with Gasteiger partial charge in [0.05, 0.1) is 26.4 Å². The van der Waals surface area contributed by atoms with Gasteiger partial charge >= 0.3 is 0 Å². The highest BCUT2D eigenvalue weighted by Gasteiger charge is 1.79. The molecule has 0 saturated heterocycles. The van der Waals surface area contributed by atoms with Crippen molar-refractivity contribution in [3.63, 3.8) is 0 Å². The van der Waals surface area contributed by atoms with Crippen molar-refractivity contribution < 1.29 is 30.3 Å². The SMILES string of the molecule is OC(O)O.OCCOCCO. The lowest BCUT2D eigenvalue weighted by atomic mass is 10.7. The molecule has 0 unspecified atom stereocenters. The fourth-order valence-electron chi connectivity index (χ4n) is 0.231. The van der Waals surface area contributed by atoms with Gasteiger partial charge in [-0.15, -0.1) is 0 Å². The third-order valence-electron chi connectivity index (χ3n) is 0.471. The third-order valence-corrected chi connectivity index (χ3v) is 0.471. The van der Waals surface area contributed by atoms with E-state index in [0.29, 0.717) is 13.2 Å². The van der Waals surface area contributed by atoms with Crippen molar-refractivity contribution in [3.05, 3.63) is 0 Å². The van der Waals surface area contributed by atoms with E-state index in [0.717, 1.165) is 0 Å². The van der Waals surface area contributed by atoms with Crippen molar-refractivity contribution in [1.82, 2.24) is 0 Å². The molecule has 0 aliphatic carbocycles. The second kappa shape index (κ2) is 12.4. The van der Waals surface area contributed by atoms with Gasteiger partial charge in [0.15, 0.2) is 0 Å². The predicted octanol–water partition coefficient (Wildman–Crippen LogP) is -2.77. The molecule has 11 heavy (non-hydrogen) atoms. The summed E-state index contributed by atoms with van der Waals surface area (Å²) in [6.07, 6.45) is 0. The van der Waals surface area contributed by atoms with Crippen molar-refractivity contribution in [2.45, 2.75) is 6.48 Å². The van der Waals surface area contributed by atoms with Crippen LogP contribution in [0.25, 0.3) is 0 Å². The zero-order valence-corrected chi connectivity index (χ0v) is 6.05. The standard InChI is InChI=1S/C4H10O3.CH4O3/c5-1-3-7-4-2-6;2-1(3)4/h5-6H,1-4H2;1-4H. The van der Waals surface area contributed by atoms with Gasteiger partial charge in [0.2, 0.25) is 0 Å². The van der Waals surface area contributed by atoms with E-state index in [1.165, 1.54) is 0 Å². The highest BCUT2D eigenvalue weighted by Crippen LogP contribution is 1.68. The molecule has 0 saturated carbocycles. The Kier molecular flexibility index (Phi) is 15.1. The minimum Gasteiger partial charge on any atom is -0.394 e. The first-order valence-electron chi connectivity index (χ1n) is 2.98. The quantitative estimate of drug-likeness (QED) is 0.231. The van der Waals surface area contributed by atoms with Crippen LogP contribution in [0.3, 0.4) is 0 Å². The summed E-state index contributed by atoms with van der Waals surface area (Å²) in [4.78, 5) is 0. The molecule has 0 aromatic carbocycles. The van der Waals surface area contributed by atoms with Gasteiger partial charge in [0.1, 0.15) is 0 Å². The van der Waals surface area contributed by atoms with Gasteiger partial charge in [-0.25, -0.2) is 0 Å². The summed E-state index contributed by atoms with van der Waals surface area (Å²) in [6.45, 7) is -1.47. The van der Waals surface area contributed by atoms with Crippen LogP contribution in [0.5, 0.6) is 0 Å². The average Bonchev–Trinajstić information content (AvgIpc) is 1.88. The van der Waals surface area contributed by atoms with Crippen LogP contribution in [-0.4, -0.2) is 58.4 Å². The van der Waals surface area contributed by atoms with Crippen LogP contribution in [-0.2, 0) is 4.74 Å². The maximum atomic E-state index is 8.09. The number of hydrogen-bond donors (Lipinski definition) is 5. The minimum atomic E-state index is -2.17. The Labute approximate surface area is 64.3 Å². The lowest BCUT2D eigenvalue weighted by Crippen LogP contribution is -2.03. The molecule has 0 fully saturated rings. The summed E-state index contributed by atoms with van der Waals surface area (Å²) in [7, 11) is 0. The minimum absolute atomic E-state index is 0.0278. The second-order valence-corrected chi connectivity index (χ2v) is 1.41. The highest BCUT2D eigenvalue weighted by atomic mass is 16.6. The molecule has 0 spiro atoms. The number of aliphatic hydroxyl groups is 5. The maximum absolute atomic E-state index is 8.09. The molecule has 0 amide bonds. The van der Waals surface area contributed by atoms with Gasteiger partial charge in [0, 0.05) is 0 Å². The summed E-state index contributed by atoms with van der Waals surface area (Å²) >= 11 is 0. The van der Waals surface area contributed by atoms with E-state index in [1.807, 2.05) is 0 Å². The molecular weight excluding hydrogens is 156 g/mol. The number of ether oxygens (including phenoxy) is 1. The molecule has 70 valence electrons. The number of aliphatic hydroxyl groups excluding tert-OH is 3. The molecule has 6 heteroatoms. The van der Waals surface area contributed by atoms with Crippen LogP contribution >= 0.6 is 0 Å². The molecule has 0 aromatic rings. The molecule has 0 aromatic heterocycles. The lowest BCUT2D eigenvalue weighted by molar-refractivity contribution is -0.198. The van der Waals surface area contributed by atoms with Gasteiger partial charge in [-0.05, 0) is 0 Å². The summed E-state index contributed by atoms with van der Waals surface area (Å²) in [6, 6.07) is 0. The molecule has 0 aliphatic rings. The largest absolute Gasteiger partial charge is 0.394 e. The van der Waals surface area contributed by atoms with Gasteiger partial charge in [-0.2, -0.15) is 0 Å². The van der Waals surface area contributed by atoms with E-state index < -0.39 is 6.48 Å². The Bertz CT molecular complexity index is 50.2. The Morgan fingerprint density at radius 3 is 1.36 bits per heavy atom. The molecule has 0 heterocycles. The second-order valence-electron chi connectivity index (χ2n) is 1.41. The van der Waals surface area contributed by atoms with Crippen molar-refractivity contribution >= 4 is 0 Å². The van der Waals surface area contributed by atoms with E-state index in [-0.39, 0.29) is 13.2 Å². The summed E-state index contributed by atoms with van der Waals surface area (Å²) in [5.74, 6) is 0. The fraction of sp³-hybridized carbons (Fsp3) is 1.00. The molecule has 0 aliphatic heterocycles. The molecule has 0 rings (SSSR count). The number of rotatable bonds is 4. The van der Waals surface area contributed by atoms with Crippen LogP contribution in [0.1, 0.15) is 0 Å². The fourth-order valence-corrected chi connectivity index (χ4v) is 0.231. The molecular formula is C5H14O6. The third kappa shape index (κ3) is 41.6. The van der Waals surface area contributed by atoms with E-state index >= 15 is 0 Å². The molecule has 0 atom stereocenters. The highest BCUT2D eigenvalue weighted by molar-refractivity contribution is 4.24. The topological polar surface area (TPSA) is 110 Å². The van der Waals surface area contributed by atoms with E-state index in [2.05, 4.69) is 4.74 Å². The van der Waals surface area contributed by atoms with E-state index in [9.17, 15) is 0 Å². The Morgan fingerprint density at radius 2 is 1.18 bits per heavy atom. The first kappa shape index (κ1) is 13.4. The maximum Gasteiger partial charge on any atom is 0.263 e. The summed E-state index contributed by atoms with van der Waals surface area (Å²) in [5.41, 5.74) is 0. The van der Waals surface area contributed by atoms with Crippen molar-refractivity contribution in [3.8, 4) is 0 Å². The van der Waals surface area contributed by atoms with Gasteiger partial charge in [-0.3, -0.25) is 0 Å². The summed E-state index contributed by atoms with van der Waals surface area (Å²) < 4.78 is 4.63. The Morgan fingerprint density at radius 1 is 0.909 bits per heavy atom. The van der Waals surface area contributed by atoms with Crippen LogP contribution in [0.15, 0.2) is 0 Å². The van der Waals surface area contributed by atoms with Gasteiger partial charge < -0.3 is 30.3 Å². The lowest BCUT2D eigenvalue weighted by Gasteiger charge is -1.94. The zero-order chi connectivity index (χ0) is 9.11. The number of hydrogen-bond acceptors (Lipinski definition) is 6. The van der Waals surface area contributed by atoms with E-state index in [1.54, 1.807) is 0 Å². The van der Waals surface area contributed by atoms with Gasteiger partial charge in [0.25, 0.3) is 6.48 Å². The normalized spacial score (nSPS) is 9.27. The molecule has 5 N–H and O–H groups in total. The van der Waals surface area contributed by atoms with Crippen LogP contribution < -0.4 is 0 Å². The van der Waals surface area contributed by atoms with Crippen LogP contribution in [0.4, 0.5) is 0 Å². The van der Waals surface area contributed by atoms with Crippen LogP contribution in [0.2, 0.25) is 0 Å². The monoisotopic (exact) mass is 170 g/mol. The first-order valence-corrected chi connectivity index (χ1v) is 2.98. The Hall–Kier alpha value is -0.240. The first-order chi connectivity index (χ1) is 5.15. The van der Waals surface area contributed by atoms with Crippen LogP contribution in [0, 0.1) is 0 Å². The Balaban J connectivity index is 0.